The van der Waals surface area contributed by atoms with Gasteiger partial charge in [-0.15, -0.1) is 0 Å². The van der Waals surface area contributed by atoms with Crippen LogP contribution in [0, 0.1) is 0 Å². The number of para-hydroxylation sites is 1. The second-order valence-electron chi connectivity index (χ2n) is 5.86. The predicted molar refractivity (Wildman–Crippen MR) is 93.5 cm³/mol. The molecular formula is C19H20N2O4. The molecule has 0 aliphatic rings. The molecular weight excluding hydrogens is 320 g/mol. The van der Waals surface area contributed by atoms with E-state index >= 15 is 0 Å². The van der Waals surface area contributed by atoms with Crippen LogP contribution in [0.15, 0.2) is 53.3 Å². The Hall–Kier alpha value is -2.86. The lowest BCUT2D eigenvalue weighted by atomic mass is 10.1. The zero-order valence-corrected chi connectivity index (χ0v) is 14.1. The Balaban J connectivity index is 1.80. The summed E-state index contributed by atoms with van der Waals surface area (Å²) in [5.41, 5.74) is 1.16. The fourth-order valence-corrected chi connectivity index (χ4v) is 2.80. The monoisotopic (exact) mass is 340 g/mol. The summed E-state index contributed by atoms with van der Waals surface area (Å²) in [5.74, 6) is 0.623. The number of rotatable bonds is 6. The first-order valence-electron chi connectivity index (χ1n) is 8.04. The third-order valence-corrected chi connectivity index (χ3v) is 4.01. The van der Waals surface area contributed by atoms with Gasteiger partial charge in [-0.2, -0.15) is 0 Å². The van der Waals surface area contributed by atoms with Crippen LogP contribution in [0.3, 0.4) is 0 Å². The van der Waals surface area contributed by atoms with Gasteiger partial charge >= 0.3 is 0 Å². The molecule has 6 heteroatoms. The highest BCUT2D eigenvalue weighted by atomic mass is 16.5. The van der Waals surface area contributed by atoms with E-state index in [1.165, 1.54) is 13.4 Å². The van der Waals surface area contributed by atoms with Crippen molar-refractivity contribution in [1.82, 2.24) is 10.3 Å². The van der Waals surface area contributed by atoms with E-state index in [1.54, 1.807) is 18.3 Å². The van der Waals surface area contributed by atoms with Gasteiger partial charge < -0.3 is 19.6 Å². The van der Waals surface area contributed by atoms with Crippen molar-refractivity contribution in [2.45, 2.75) is 25.5 Å². The summed E-state index contributed by atoms with van der Waals surface area (Å²) in [6.07, 6.45) is 2.61. The van der Waals surface area contributed by atoms with E-state index in [0.717, 1.165) is 10.9 Å². The molecule has 130 valence electrons. The topological polar surface area (TPSA) is 84.6 Å². The number of nitrogens with one attached hydrogen (secondary N) is 1. The minimum absolute atomic E-state index is 0.260. The Morgan fingerprint density at radius 1 is 1.32 bits per heavy atom. The highest BCUT2D eigenvalue weighted by Crippen LogP contribution is 2.26. The predicted octanol–water partition coefficient (Wildman–Crippen LogP) is 3.08. The molecule has 25 heavy (non-hydrogen) atoms. The SMILES string of the molecule is COc1cnc2ccccc2c1C(=O)N[C@@H](C)C[C@@H](O)c1ccco1. The van der Waals surface area contributed by atoms with Gasteiger partial charge in [0.2, 0.25) is 0 Å². The summed E-state index contributed by atoms with van der Waals surface area (Å²) in [5, 5.41) is 13.8. The number of benzene rings is 1. The minimum atomic E-state index is -0.777. The van der Waals surface area contributed by atoms with E-state index in [-0.39, 0.29) is 11.9 Å². The molecule has 2 heterocycles. The fourth-order valence-electron chi connectivity index (χ4n) is 2.80. The van der Waals surface area contributed by atoms with Crippen molar-refractivity contribution in [2.75, 3.05) is 7.11 Å². The molecule has 1 aromatic carbocycles. The molecule has 0 aliphatic carbocycles. The molecule has 2 N–H and O–H groups in total. The molecule has 0 spiro atoms. The summed E-state index contributed by atoms with van der Waals surface area (Å²) in [6, 6.07) is 10.6. The number of carbonyl (C=O) groups excluding carboxylic acids is 1. The van der Waals surface area contributed by atoms with Crippen LogP contribution < -0.4 is 10.1 Å². The van der Waals surface area contributed by atoms with Crippen LogP contribution in [0.4, 0.5) is 0 Å². The summed E-state index contributed by atoms with van der Waals surface area (Å²) in [6.45, 7) is 1.83. The number of fused-ring (bicyclic) bond motifs is 1. The number of aliphatic hydroxyl groups is 1. The van der Waals surface area contributed by atoms with Crippen LogP contribution in [0.1, 0.15) is 35.6 Å². The third kappa shape index (κ3) is 3.64. The molecule has 0 saturated carbocycles. The maximum atomic E-state index is 12.8. The second kappa shape index (κ2) is 7.36. The molecule has 0 bridgehead atoms. The molecule has 0 radical (unpaired) electrons. The number of amides is 1. The van der Waals surface area contributed by atoms with E-state index in [4.69, 9.17) is 9.15 Å². The van der Waals surface area contributed by atoms with Gasteiger partial charge in [0.15, 0.2) is 5.75 Å². The lowest BCUT2D eigenvalue weighted by Crippen LogP contribution is -2.34. The van der Waals surface area contributed by atoms with Crippen LogP contribution in [0.5, 0.6) is 5.75 Å². The van der Waals surface area contributed by atoms with E-state index in [0.29, 0.717) is 23.5 Å². The van der Waals surface area contributed by atoms with Crippen LogP contribution in [-0.4, -0.2) is 29.1 Å². The van der Waals surface area contributed by atoms with Crippen molar-refractivity contribution in [3.8, 4) is 5.75 Å². The fraction of sp³-hybridized carbons (Fsp3) is 0.263. The lowest BCUT2D eigenvalue weighted by Gasteiger charge is -2.18. The van der Waals surface area contributed by atoms with Gasteiger partial charge in [-0.1, -0.05) is 18.2 Å². The zero-order chi connectivity index (χ0) is 17.8. The van der Waals surface area contributed by atoms with E-state index < -0.39 is 6.10 Å². The Labute approximate surface area is 145 Å². The molecule has 0 saturated heterocycles. The number of ether oxygens (including phenoxy) is 1. The first-order chi connectivity index (χ1) is 12.1. The van der Waals surface area contributed by atoms with Crippen LogP contribution in [0.2, 0.25) is 0 Å². The van der Waals surface area contributed by atoms with Crippen molar-refractivity contribution in [1.29, 1.82) is 0 Å². The van der Waals surface area contributed by atoms with Gasteiger partial charge in [-0.25, -0.2) is 0 Å². The number of methoxy groups -OCH3 is 1. The Bertz CT molecular complexity index is 861. The Kier molecular flexibility index (Phi) is 5.00. The average molecular weight is 340 g/mol. The number of hydrogen-bond acceptors (Lipinski definition) is 5. The van der Waals surface area contributed by atoms with Crippen molar-refractivity contribution in [3.63, 3.8) is 0 Å². The van der Waals surface area contributed by atoms with E-state index in [9.17, 15) is 9.90 Å². The number of aliphatic hydroxyl groups excluding tert-OH is 1. The second-order valence-corrected chi connectivity index (χ2v) is 5.86. The highest BCUT2D eigenvalue weighted by Gasteiger charge is 2.21. The van der Waals surface area contributed by atoms with Crippen molar-refractivity contribution < 1.29 is 19.1 Å². The van der Waals surface area contributed by atoms with Crippen LogP contribution in [0.25, 0.3) is 10.9 Å². The quantitative estimate of drug-likeness (QED) is 0.720. The molecule has 3 rings (SSSR count). The zero-order valence-electron chi connectivity index (χ0n) is 14.1. The summed E-state index contributed by atoms with van der Waals surface area (Å²) in [7, 11) is 1.51. The molecule has 2 atom stereocenters. The Morgan fingerprint density at radius 2 is 2.12 bits per heavy atom. The van der Waals surface area contributed by atoms with Gasteiger partial charge in [0.05, 0.1) is 30.6 Å². The van der Waals surface area contributed by atoms with Gasteiger partial charge in [0.1, 0.15) is 11.9 Å². The maximum absolute atomic E-state index is 12.8. The van der Waals surface area contributed by atoms with Gasteiger partial charge in [0.25, 0.3) is 5.91 Å². The molecule has 3 aromatic rings. The third-order valence-electron chi connectivity index (χ3n) is 4.01. The number of aromatic nitrogens is 1. The maximum Gasteiger partial charge on any atom is 0.256 e. The molecule has 0 aliphatic heterocycles. The molecule has 0 unspecified atom stereocenters. The minimum Gasteiger partial charge on any atom is -0.494 e. The van der Waals surface area contributed by atoms with E-state index in [2.05, 4.69) is 10.3 Å². The number of furan rings is 1. The molecule has 6 nitrogen and oxygen atoms in total. The number of hydrogen-bond donors (Lipinski definition) is 2. The lowest BCUT2D eigenvalue weighted by molar-refractivity contribution is 0.0902. The molecule has 0 fully saturated rings. The first kappa shape index (κ1) is 17.0. The highest BCUT2D eigenvalue weighted by molar-refractivity contribution is 6.08. The van der Waals surface area contributed by atoms with Gasteiger partial charge in [-0.3, -0.25) is 9.78 Å². The first-order valence-corrected chi connectivity index (χ1v) is 8.04. The van der Waals surface area contributed by atoms with Crippen molar-refractivity contribution in [3.05, 3.63) is 60.2 Å². The van der Waals surface area contributed by atoms with Crippen LogP contribution in [-0.2, 0) is 0 Å². The number of nitrogens with zero attached hydrogens (tertiary/aromatic N) is 1. The number of pyridine rings is 1. The van der Waals surface area contributed by atoms with Crippen molar-refractivity contribution in [2.24, 2.45) is 0 Å². The standard InChI is InChI=1S/C19H20N2O4/c1-12(10-15(22)16-8-5-9-25-16)21-19(23)18-13-6-3-4-7-14(13)20-11-17(18)24-2/h3-9,11-12,15,22H,10H2,1-2H3,(H,21,23)/t12-,15+/m0/s1. The largest absolute Gasteiger partial charge is 0.494 e. The van der Waals surface area contributed by atoms with E-state index in [1.807, 2.05) is 31.2 Å². The normalized spacial score (nSPS) is 13.4. The Morgan fingerprint density at radius 3 is 2.84 bits per heavy atom. The summed E-state index contributed by atoms with van der Waals surface area (Å²) >= 11 is 0. The summed E-state index contributed by atoms with van der Waals surface area (Å²) < 4.78 is 10.5. The van der Waals surface area contributed by atoms with Gasteiger partial charge in [-0.05, 0) is 25.1 Å². The smallest absolute Gasteiger partial charge is 0.256 e. The molecule has 2 aromatic heterocycles. The van der Waals surface area contributed by atoms with Crippen molar-refractivity contribution >= 4 is 16.8 Å². The summed E-state index contributed by atoms with van der Waals surface area (Å²) in [4.78, 5) is 17.1. The average Bonchev–Trinajstić information content (AvgIpc) is 3.15. The molecule has 1 amide bonds. The number of carbonyl (C=O) groups is 1. The van der Waals surface area contributed by atoms with Gasteiger partial charge in [0, 0.05) is 17.8 Å². The van der Waals surface area contributed by atoms with Crippen LogP contribution >= 0.6 is 0 Å².